The zero-order valence-electron chi connectivity index (χ0n) is 26.2. The van der Waals surface area contributed by atoms with Crippen LogP contribution in [0.1, 0.15) is 41.0 Å². The lowest BCUT2D eigenvalue weighted by Gasteiger charge is -2.55. The van der Waals surface area contributed by atoms with Crippen molar-refractivity contribution < 1.29 is 24.3 Å². The maximum Gasteiger partial charge on any atom is 0.238 e. The highest BCUT2D eigenvalue weighted by Gasteiger charge is 2.66. The average Bonchev–Trinajstić information content (AvgIpc) is 3.36. The Labute approximate surface area is 286 Å². The zero-order valence-corrected chi connectivity index (χ0v) is 27.8. The van der Waals surface area contributed by atoms with Crippen molar-refractivity contribution >= 4 is 50.6 Å². The number of aromatic hydroxyl groups is 1. The van der Waals surface area contributed by atoms with Crippen LogP contribution in [0.4, 0.5) is 5.69 Å². The molecule has 0 aromatic heterocycles. The first kappa shape index (κ1) is 30.5. The quantitative estimate of drug-likeness (QED) is 0.176. The molecular formula is C41H32BrNO5. The number of nitrogens with zero attached hydrogens (tertiary/aromatic N) is 1. The zero-order chi connectivity index (χ0) is 33.3. The van der Waals surface area contributed by atoms with Crippen LogP contribution >= 0.6 is 15.9 Å². The lowest BCUT2D eigenvalue weighted by atomic mass is 9.44. The molecule has 1 saturated carbocycles. The molecule has 8 rings (SSSR count). The molecule has 7 heteroatoms. The molecule has 238 valence electrons. The van der Waals surface area contributed by atoms with Crippen molar-refractivity contribution in [2.75, 3.05) is 4.90 Å². The Kier molecular flexibility index (Phi) is 7.22. The molecule has 0 radical (unpaired) electrons. The number of phenols is 1. The Morgan fingerprint density at radius 1 is 0.812 bits per heavy atom. The molecule has 3 aliphatic carbocycles. The van der Waals surface area contributed by atoms with Gasteiger partial charge in [-0.05, 0) is 84.3 Å². The first-order chi connectivity index (χ1) is 23.2. The van der Waals surface area contributed by atoms with Gasteiger partial charge < -0.3 is 5.11 Å². The van der Waals surface area contributed by atoms with E-state index in [9.17, 15) is 19.5 Å². The summed E-state index contributed by atoms with van der Waals surface area (Å²) in [6.45, 7) is 1.81. The largest absolute Gasteiger partial charge is 0.508 e. The molecule has 4 aliphatic rings. The number of fused-ring (bicyclic) bond motifs is 4. The first-order valence-corrected chi connectivity index (χ1v) is 17.0. The highest BCUT2D eigenvalue weighted by molar-refractivity contribution is 9.10. The molecule has 48 heavy (non-hydrogen) atoms. The van der Waals surface area contributed by atoms with Crippen molar-refractivity contribution in [3.8, 4) is 5.75 Å². The van der Waals surface area contributed by atoms with Crippen LogP contribution in [0.2, 0.25) is 0 Å². The van der Waals surface area contributed by atoms with Gasteiger partial charge in [0.2, 0.25) is 11.8 Å². The summed E-state index contributed by atoms with van der Waals surface area (Å²) in [5, 5.41) is 10.5. The molecule has 0 spiro atoms. The number of rotatable bonds is 4. The molecule has 4 aromatic carbocycles. The predicted octanol–water partition coefficient (Wildman–Crippen LogP) is 7.49. The minimum Gasteiger partial charge on any atom is -0.508 e. The third kappa shape index (κ3) is 4.37. The van der Waals surface area contributed by atoms with Crippen molar-refractivity contribution in [2.45, 2.75) is 31.1 Å². The van der Waals surface area contributed by atoms with E-state index in [-0.39, 0.29) is 35.6 Å². The number of carbonyl (C=O) groups is 4. The van der Waals surface area contributed by atoms with Crippen LogP contribution in [-0.2, 0) is 24.6 Å². The number of imide groups is 1. The third-order valence-corrected chi connectivity index (χ3v) is 11.5. The number of amides is 2. The van der Waals surface area contributed by atoms with Crippen molar-refractivity contribution in [1.82, 2.24) is 0 Å². The second-order valence-electron chi connectivity index (χ2n) is 13.3. The molecule has 1 N–H and O–H groups in total. The van der Waals surface area contributed by atoms with Crippen LogP contribution in [0, 0.1) is 30.6 Å². The van der Waals surface area contributed by atoms with Gasteiger partial charge in [0, 0.05) is 21.9 Å². The Morgan fingerprint density at radius 3 is 2.19 bits per heavy atom. The number of carbonyl (C=O) groups excluding carboxylic acids is 4. The molecule has 0 bridgehead atoms. The van der Waals surface area contributed by atoms with Crippen LogP contribution < -0.4 is 4.90 Å². The van der Waals surface area contributed by atoms with Crippen LogP contribution in [-0.4, -0.2) is 28.5 Å². The number of ketones is 2. The normalized spacial score (nSPS) is 28.0. The Morgan fingerprint density at radius 2 is 1.50 bits per heavy atom. The summed E-state index contributed by atoms with van der Waals surface area (Å²) < 4.78 is 0.839. The number of phenolic OH excluding ortho intramolecular Hbond substituents is 1. The number of halogens is 1. The van der Waals surface area contributed by atoms with Gasteiger partial charge in [-0.2, -0.15) is 0 Å². The smallest absolute Gasteiger partial charge is 0.238 e. The molecule has 1 saturated heterocycles. The Bertz CT molecular complexity index is 2070. The van der Waals surface area contributed by atoms with E-state index in [1.807, 2.05) is 91.9 Å². The predicted molar refractivity (Wildman–Crippen MR) is 186 cm³/mol. The fourth-order valence-corrected chi connectivity index (χ4v) is 9.22. The fraction of sp³-hybridized carbons (Fsp3) is 0.220. The standard InChI is InChI=1S/C41H32BrNO5/c1-23-20-25(12-19-34(23)44)37-29-17-18-30-36(40(48)43(39(30)47)28-15-13-27(42)14-16-28)32(29)21-33-38(46)31(24-8-4-2-5-9-24)22-35(45)41(33,37)26-10-6-3-7-11-26/h2-17,19-20,22,30,32-33,36-37,44H,18,21H2,1H3. The number of allylic oxidation sites excluding steroid dienone is 4. The fourth-order valence-electron chi connectivity index (χ4n) is 8.95. The Hall–Kier alpha value is -4.88. The summed E-state index contributed by atoms with van der Waals surface area (Å²) in [7, 11) is 0. The number of hydrogen-bond donors (Lipinski definition) is 1. The monoisotopic (exact) mass is 697 g/mol. The molecular weight excluding hydrogens is 666 g/mol. The van der Waals surface area contributed by atoms with Crippen LogP contribution in [0.3, 0.4) is 0 Å². The molecule has 6 atom stereocenters. The highest BCUT2D eigenvalue weighted by Crippen LogP contribution is 2.63. The van der Waals surface area contributed by atoms with Crippen LogP contribution in [0.5, 0.6) is 5.75 Å². The summed E-state index contributed by atoms with van der Waals surface area (Å²) in [6.07, 6.45) is 4.18. The van der Waals surface area contributed by atoms with E-state index >= 15 is 4.79 Å². The van der Waals surface area contributed by atoms with Gasteiger partial charge in [-0.3, -0.25) is 24.1 Å². The molecule has 1 aliphatic heterocycles. The lowest BCUT2D eigenvalue weighted by Crippen LogP contribution is -2.58. The molecule has 2 amide bonds. The topological polar surface area (TPSA) is 91.8 Å². The molecule has 6 nitrogen and oxygen atoms in total. The van der Waals surface area contributed by atoms with E-state index in [1.54, 1.807) is 18.2 Å². The highest BCUT2D eigenvalue weighted by atomic mass is 79.9. The van der Waals surface area contributed by atoms with E-state index in [1.165, 1.54) is 11.0 Å². The van der Waals surface area contributed by atoms with Gasteiger partial charge in [-0.1, -0.05) is 100 Å². The first-order valence-electron chi connectivity index (χ1n) is 16.3. The maximum absolute atomic E-state index is 15.1. The van der Waals surface area contributed by atoms with E-state index in [0.717, 1.165) is 21.2 Å². The molecule has 1 heterocycles. The van der Waals surface area contributed by atoms with E-state index in [2.05, 4.69) is 22.0 Å². The van der Waals surface area contributed by atoms with Gasteiger partial charge >= 0.3 is 0 Å². The van der Waals surface area contributed by atoms with Crippen LogP contribution in [0.15, 0.2) is 125 Å². The van der Waals surface area contributed by atoms with E-state index in [4.69, 9.17) is 0 Å². The van der Waals surface area contributed by atoms with Gasteiger partial charge in [-0.25, -0.2) is 0 Å². The summed E-state index contributed by atoms with van der Waals surface area (Å²) >= 11 is 3.44. The summed E-state index contributed by atoms with van der Waals surface area (Å²) in [6, 6.07) is 31.3. The van der Waals surface area contributed by atoms with Gasteiger partial charge in [0.1, 0.15) is 5.75 Å². The van der Waals surface area contributed by atoms with E-state index in [0.29, 0.717) is 28.8 Å². The van der Waals surface area contributed by atoms with Crippen LogP contribution in [0.25, 0.3) is 5.57 Å². The molecule has 4 aromatic rings. The number of benzene rings is 4. The third-order valence-electron chi connectivity index (χ3n) is 11.0. The van der Waals surface area contributed by atoms with Crippen molar-refractivity contribution in [3.05, 3.63) is 148 Å². The number of aryl methyl sites for hydroxylation is 1. The maximum atomic E-state index is 15.1. The summed E-state index contributed by atoms with van der Waals surface area (Å²) in [5.41, 5.74) is 3.32. The second kappa shape index (κ2) is 11.4. The van der Waals surface area contributed by atoms with Gasteiger partial charge in [-0.15, -0.1) is 0 Å². The van der Waals surface area contributed by atoms with Crippen molar-refractivity contribution in [2.24, 2.45) is 23.7 Å². The summed E-state index contributed by atoms with van der Waals surface area (Å²) in [5.74, 6) is -3.81. The van der Waals surface area contributed by atoms with Gasteiger partial charge in [0.15, 0.2) is 11.6 Å². The van der Waals surface area contributed by atoms with E-state index < -0.39 is 35.0 Å². The lowest BCUT2D eigenvalue weighted by molar-refractivity contribution is -0.135. The minimum absolute atomic E-state index is 0.133. The van der Waals surface area contributed by atoms with Gasteiger partial charge in [0.25, 0.3) is 0 Å². The number of Topliss-reactive ketones (excluding diaryl/α,β-unsaturated/α-hetero) is 1. The molecule has 6 unspecified atom stereocenters. The SMILES string of the molecule is Cc1cc(C2C3=CCC4C(=O)N(c5ccc(Br)cc5)C(=O)C4C3CC3C(=O)C(c4ccccc4)=CC(=O)C32c2ccccc2)ccc1O. The van der Waals surface area contributed by atoms with Crippen molar-refractivity contribution in [1.29, 1.82) is 0 Å². The molecule has 2 fully saturated rings. The van der Waals surface area contributed by atoms with Crippen molar-refractivity contribution in [3.63, 3.8) is 0 Å². The average molecular weight is 699 g/mol. The second-order valence-corrected chi connectivity index (χ2v) is 14.2. The number of hydrogen-bond acceptors (Lipinski definition) is 5. The summed E-state index contributed by atoms with van der Waals surface area (Å²) in [4.78, 5) is 59.7. The number of anilines is 1. The minimum atomic E-state index is -1.30. The van der Waals surface area contributed by atoms with Gasteiger partial charge in [0.05, 0.1) is 22.9 Å². The Balaban J connectivity index is 1.36.